The molecule has 7 heteroatoms. The Morgan fingerprint density at radius 2 is 1.68 bits per heavy atom. The molecule has 0 aliphatic carbocycles. The van der Waals surface area contributed by atoms with Gasteiger partial charge in [0, 0.05) is 5.56 Å². The van der Waals surface area contributed by atoms with Crippen LogP contribution in [0.4, 0.5) is 5.69 Å². The molecule has 0 saturated carbocycles. The van der Waals surface area contributed by atoms with Crippen LogP contribution in [-0.2, 0) is 11.2 Å². The van der Waals surface area contributed by atoms with Crippen LogP contribution in [0.25, 0.3) is 22.8 Å². The number of methoxy groups -OCH3 is 2. The zero-order valence-corrected chi connectivity index (χ0v) is 17.2. The van der Waals surface area contributed by atoms with Gasteiger partial charge in [-0.3, -0.25) is 4.79 Å². The summed E-state index contributed by atoms with van der Waals surface area (Å²) in [5.41, 5.74) is 2.90. The Bertz CT molecular complexity index is 1190. The summed E-state index contributed by atoms with van der Waals surface area (Å²) in [6.07, 6.45) is 0.174. The first-order valence-electron chi connectivity index (χ1n) is 9.67. The number of anilines is 1. The van der Waals surface area contributed by atoms with Gasteiger partial charge in [0.25, 0.3) is 5.89 Å². The van der Waals surface area contributed by atoms with Gasteiger partial charge in [-0.25, -0.2) is 0 Å². The molecule has 4 rings (SSSR count). The standard InChI is InChI=1S/C24H21N3O4/c1-29-20-13-12-16(14-21(20)30-2)15-22(28)25-19-11-7-6-10-18(19)24-26-23(27-31-24)17-8-4-3-5-9-17/h3-14H,15H2,1-2H3,(H,25,28). The highest BCUT2D eigenvalue weighted by Crippen LogP contribution is 2.30. The van der Waals surface area contributed by atoms with E-state index in [9.17, 15) is 4.79 Å². The van der Waals surface area contributed by atoms with Crippen molar-refractivity contribution in [1.29, 1.82) is 0 Å². The van der Waals surface area contributed by atoms with Crippen molar-refractivity contribution in [2.24, 2.45) is 0 Å². The molecular formula is C24H21N3O4. The molecule has 0 radical (unpaired) electrons. The molecule has 1 N–H and O–H groups in total. The molecule has 1 heterocycles. The Labute approximate surface area is 179 Å². The second-order valence-electron chi connectivity index (χ2n) is 6.75. The Kier molecular flexibility index (Phi) is 5.93. The third kappa shape index (κ3) is 4.56. The summed E-state index contributed by atoms with van der Waals surface area (Å²) >= 11 is 0. The molecule has 0 aliphatic rings. The van der Waals surface area contributed by atoms with E-state index in [-0.39, 0.29) is 12.3 Å². The Hall–Kier alpha value is -4.13. The molecule has 0 aliphatic heterocycles. The van der Waals surface area contributed by atoms with E-state index in [1.54, 1.807) is 32.4 Å². The average Bonchev–Trinajstić information content (AvgIpc) is 3.30. The highest BCUT2D eigenvalue weighted by atomic mass is 16.5. The van der Waals surface area contributed by atoms with Gasteiger partial charge in [-0.1, -0.05) is 53.7 Å². The van der Waals surface area contributed by atoms with Gasteiger partial charge in [-0.15, -0.1) is 0 Å². The Morgan fingerprint density at radius 3 is 2.45 bits per heavy atom. The van der Waals surface area contributed by atoms with E-state index in [2.05, 4.69) is 15.5 Å². The normalized spacial score (nSPS) is 10.5. The van der Waals surface area contributed by atoms with E-state index in [0.717, 1.165) is 11.1 Å². The summed E-state index contributed by atoms with van der Waals surface area (Å²) in [6.45, 7) is 0. The van der Waals surface area contributed by atoms with Gasteiger partial charge < -0.3 is 19.3 Å². The number of hydrogen-bond donors (Lipinski definition) is 1. The number of ether oxygens (including phenoxy) is 2. The minimum absolute atomic E-state index is 0.174. The fraction of sp³-hybridized carbons (Fsp3) is 0.125. The molecule has 1 amide bonds. The molecule has 156 valence electrons. The van der Waals surface area contributed by atoms with Crippen molar-refractivity contribution in [2.45, 2.75) is 6.42 Å². The largest absolute Gasteiger partial charge is 0.493 e. The summed E-state index contributed by atoms with van der Waals surface area (Å²) in [7, 11) is 3.13. The van der Waals surface area contributed by atoms with Crippen LogP contribution in [0.15, 0.2) is 77.3 Å². The first-order valence-corrected chi connectivity index (χ1v) is 9.67. The van der Waals surface area contributed by atoms with Crippen molar-refractivity contribution in [2.75, 3.05) is 19.5 Å². The lowest BCUT2D eigenvalue weighted by molar-refractivity contribution is -0.115. The van der Waals surface area contributed by atoms with E-state index in [4.69, 9.17) is 14.0 Å². The van der Waals surface area contributed by atoms with Crippen LogP contribution < -0.4 is 14.8 Å². The molecule has 0 bridgehead atoms. The minimum Gasteiger partial charge on any atom is -0.493 e. The predicted octanol–water partition coefficient (Wildman–Crippen LogP) is 4.60. The number of benzene rings is 3. The first-order chi connectivity index (χ1) is 15.2. The number of carbonyl (C=O) groups is 1. The lowest BCUT2D eigenvalue weighted by Gasteiger charge is -2.11. The van der Waals surface area contributed by atoms with Crippen molar-refractivity contribution in [3.8, 4) is 34.3 Å². The molecule has 0 spiro atoms. The quantitative estimate of drug-likeness (QED) is 0.475. The molecule has 31 heavy (non-hydrogen) atoms. The zero-order chi connectivity index (χ0) is 21.6. The van der Waals surface area contributed by atoms with E-state index in [1.165, 1.54) is 0 Å². The number of aromatic nitrogens is 2. The molecule has 4 aromatic rings. The zero-order valence-electron chi connectivity index (χ0n) is 17.2. The predicted molar refractivity (Wildman–Crippen MR) is 117 cm³/mol. The molecule has 0 fully saturated rings. The first kappa shape index (κ1) is 20.2. The van der Waals surface area contributed by atoms with Crippen LogP contribution in [0.1, 0.15) is 5.56 Å². The Balaban J connectivity index is 1.53. The summed E-state index contributed by atoms with van der Waals surface area (Å²) in [5.74, 6) is 1.83. The van der Waals surface area contributed by atoms with Gasteiger partial charge >= 0.3 is 0 Å². The minimum atomic E-state index is -0.178. The van der Waals surface area contributed by atoms with E-state index in [1.807, 2.05) is 54.6 Å². The molecule has 3 aromatic carbocycles. The van der Waals surface area contributed by atoms with E-state index >= 15 is 0 Å². The number of nitrogens with one attached hydrogen (secondary N) is 1. The summed E-state index contributed by atoms with van der Waals surface area (Å²) < 4.78 is 16.0. The summed E-state index contributed by atoms with van der Waals surface area (Å²) in [6, 6.07) is 22.3. The molecule has 0 unspecified atom stereocenters. The second kappa shape index (κ2) is 9.13. The Morgan fingerprint density at radius 1 is 0.935 bits per heavy atom. The molecule has 0 atom stereocenters. The fourth-order valence-electron chi connectivity index (χ4n) is 3.19. The van der Waals surface area contributed by atoms with Crippen LogP contribution in [0.3, 0.4) is 0 Å². The van der Waals surface area contributed by atoms with Crippen LogP contribution in [-0.4, -0.2) is 30.3 Å². The highest BCUT2D eigenvalue weighted by molar-refractivity contribution is 5.95. The van der Waals surface area contributed by atoms with Crippen LogP contribution in [0, 0.1) is 0 Å². The lowest BCUT2D eigenvalue weighted by atomic mass is 10.1. The number of nitrogens with zero attached hydrogens (tertiary/aromatic N) is 2. The third-order valence-corrected chi connectivity index (χ3v) is 4.70. The maximum absolute atomic E-state index is 12.7. The fourth-order valence-corrected chi connectivity index (χ4v) is 3.19. The number of para-hydroxylation sites is 1. The highest BCUT2D eigenvalue weighted by Gasteiger charge is 2.16. The number of hydrogen-bond acceptors (Lipinski definition) is 6. The van der Waals surface area contributed by atoms with Crippen LogP contribution >= 0.6 is 0 Å². The monoisotopic (exact) mass is 415 g/mol. The number of carbonyl (C=O) groups excluding carboxylic acids is 1. The summed E-state index contributed by atoms with van der Waals surface area (Å²) in [4.78, 5) is 17.2. The van der Waals surface area contributed by atoms with Gasteiger partial charge in [0.1, 0.15) is 0 Å². The smallest absolute Gasteiger partial charge is 0.260 e. The number of rotatable bonds is 7. The average molecular weight is 415 g/mol. The van der Waals surface area contributed by atoms with Gasteiger partial charge in [0.05, 0.1) is 31.9 Å². The van der Waals surface area contributed by atoms with E-state index in [0.29, 0.717) is 34.5 Å². The molecule has 7 nitrogen and oxygen atoms in total. The van der Waals surface area contributed by atoms with Crippen molar-refractivity contribution in [3.05, 3.63) is 78.4 Å². The van der Waals surface area contributed by atoms with Crippen LogP contribution in [0.5, 0.6) is 11.5 Å². The van der Waals surface area contributed by atoms with Crippen molar-refractivity contribution >= 4 is 11.6 Å². The van der Waals surface area contributed by atoms with Gasteiger partial charge in [-0.05, 0) is 29.8 Å². The maximum atomic E-state index is 12.7. The molecule has 1 aromatic heterocycles. The SMILES string of the molecule is COc1ccc(CC(=O)Nc2ccccc2-c2nc(-c3ccccc3)no2)cc1OC. The third-order valence-electron chi connectivity index (χ3n) is 4.70. The van der Waals surface area contributed by atoms with Gasteiger partial charge in [0.2, 0.25) is 11.7 Å². The van der Waals surface area contributed by atoms with Crippen molar-refractivity contribution in [3.63, 3.8) is 0 Å². The van der Waals surface area contributed by atoms with Crippen LogP contribution in [0.2, 0.25) is 0 Å². The van der Waals surface area contributed by atoms with E-state index < -0.39 is 0 Å². The lowest BCUT2D eigenvalue weighted by Crippen LogP contribution is -2.15. The number of amides is 1. The molecule has 0 saturated heterocycles. The van der Waals surface area contributed by atoms with Crippen molar-refractivity contribution in [1.82, 2.24) is 10.1 Å². The van der Waals surface area contributed by atoms with Gasteiger partial charge in [0.15, 0.2) is 11.5 Å². The molecular weight excluding hydrogens is 394 g/mol. The van der Waals surface area contributed by atoms with Crippen molar-refractivity contribution < 1.29 is 18.8 Å². The second-order valence-corrected chi connectivity index (χ2v) is 6.75. The van der Waals surface area contributed by atoms with Gasteiger partial charge in [-0.2, -0.15) is 4.98 Å². The topological polar surface area (TPSA) is 86.5 Å². The summed E-state index contributed by atoms with van der Waals surface area (Å²) in [5, 5.41) is 7.00. The maximum Gasteiger partial charge on any atom is 0.260 e.